The van der Waals surface area contributed by atoms with E-state index in [1.165, 1.54) is 29.8 Å². The van der Waals surface area contributed by atoms with Crippen molar-refractivity contribution in [3.05, 3.63) is 25.3 Å². The number of anilines is 2. The van der Waals surface area contributed by atoms with Gasteiger partial charge in [0.05, 0.1) is 84.4 Å². The summed E-state index contributed by atoms with van der Waals surface area (Å²) in [6, 6.07) is 0. The molecule has 36 heteroatoms. The fourth-order valence-corrected chi connectivity index (χ4v) is 10.1. The third-order valence-electron chi connectivity index (χ3n) is 11.4. The zero-order chi connectivity index (χ0) is 54.6. The highest BCUT2D eigenvalue weighted by Crippen LogP contribution is 2.55. The summed E-state index contributed by atoms with van der Waals surface area (Å²) in [5, 5.41) is 11.3. The zero-order valence-corrected chi connectivity index (χ0v) is 44.0. The van der Waals surface area contributed by atoms with E-state index in [-0.39, 0.29) is 97.9 Å². The Bertz CT molecular complexity index is 2740. The molecule has 7 rings (SSSR count). The topological polar surface area (TPSA) is 368 Å². The number of nitrogens with two attached hydrogens (primary N) is 1. The lowest BCUT2D eigenvalue weighted by Gasteiger charge is -2.29. The number of likely N-dealkylation sites (N-methyl/N-ethyl adjacent to an activating group) is 1. The minimum atomic E-state index is -4.59. The second kappa shape index (κ2) is 27.3. The summed E-state index contributed by atoms with van der Waals surface area (Å²) in [5.41, 5.74) is 5.97. The maximum absolute atomic E-state index is 16.5. The van der Waals surface area contributed by atoms with Gasteiger partial charge < -0.3 is 63.2 Å². The Balaban J connectivity index is 0.810. The third kappa shape index (κ3) is 15.8. The normalized spacial score (nSPS) is 27.3. The van der Waals surface area contributed by atoms with Crippen LogP contribution in [0.5, 0.6) is 0 Å². The van der Waals surface area contributed by atoms with Crippen LogP contribution < -0.4 is 11.1 Å². The molecule has 0 spiro atoms. The SMILES string of the molecule is CC(CC(=O)CCCOCCOCCOCCOCCC(=O)N(C)CCOC(=O)Nc1ncnc2c1ncn2[C@@H]1O[C@@H]2OOP(O)(=S)O[C@H]3[C@@H](F)[C@H](n4cnc5c(N)ncnc54)O[C@@H]3COP(O)(=S)O[C@H]2[C@H]1F)C(=O)O. The number of ether oxygens (including phenoxy) is 7. The number of nitrogens with zero attached hydrogens (tertiary/aromatic N) is 9. The van der Waals surface area contributed by atoms with Crippen molar-refractivity contribution in [2.45, 2.75) is 82.0 Å². The van der Waals surface area contributed by atoms with E-state index in [1.807, 2.05) is 0 Å². The molecule has 4 aromatic rings. The molecular weight excluding hydrogens is 1100 g/mol. The summed E-state index contributed by atoms with van der Waals surface area (Å²) in [6.07, 6.45) is -10.4. The van der Waals surface area contributed by atoms with Gasteiger partial charge in [-0.15, -0.1) is 4.67 Å². The van der Waals surface area contributed by atoms with Crippen LogP contribution in [-0.4, -0.2) is 199 Å². The first-order valence-electron chi connectivity index (χ1n) is 23.3. The number of fused-ring (bicyclic) bond motifs is 4. The maximum atomic E-state index is 16.5. The van der Waals surface area contributed by atoms with Crippen LogP contribution in [0, 0.1) is 5.92 Å². The fraction of sp³-hybridized carbons (Fsp3) is 0.650. The number of ketones is 1. The molecule has 76 heavy (non-hydrogen) atoms. The van der Waals surface area contributed by atoms with Gasteiger partial charge in [-0.1, -0.05) is 6.92 Å². The Kier molecular flexibility index (Phi) is 21.3. The van der Waals surface area contributed by atoms with Crippen LogP contribution in [0.25, 0.3) is 22.3 Å². The van der Waals surface area contributed by atoms with Crippen molar-refractivity contribution in [1.29, 1.82) is 0 Å². The molecule has 3 aliphatic heterocycles. The second-order valence-corrected chi connectivity index (χ2v) is 22.4. The van der Waals surface area contributed by atoms with Crippen LogP contribution in [0.2, 0.25) is 0 Å². The number of halogens is 2. The molecule has 0 radical (unpaired) electrons. The van der Waals surface area contributed by atoms with Crippen molar-refractivity contribution in [3.8, 4) is 0 Å². The lowest BCUT2D eigenvalue weighted by molar-refractivity contribution is -0.336. The molecule has 3 fully saturated rings. The van der Waals surface area contributed by atoms with E-state index in [4.69, 9.17) is 90.7 Å². The standard InChI is InChI=1S/C40H55F2N11O19P2S2/c1-22(38(56)57)16-23(54)4-3-7-61-10-12-63-14-15-64-13-11-62-8-5-25(55)51(2)6-9-65-40(58)50-33-29-35(47-19-45-33)53(21-49-29)37-27(42)31-39(68-37)69-72-74(60,76)70-30-24(17-66-73(59,75)71-31)67-36(26(30)41)52-20-48-28-32(43)44-18-46-34(28)52/h18-22,24,26-27,30-31,36-37,39H,3-17H2,1-2H3,(H,56,57)(H,59,75)(H,60,76)(H2,43,44,46)(H,45,47,50,58)/t22?,24-,26-,27-,30-,31+,36-,37-,39-,73?,74?/m1/s1. The number of nitrogen functional groups attached to an aromatic ring is 1. The number of aliphatic carboxylic acids is 1. The largest absolute Gasteiger partial charge is 0.481 e. The van der Waals surface area contributed by atoms with Gasteiger partial charge in [-0.05, 0) is 30.0 Å². The van der Waals surface area contributed by atoms with E-state index < -0.39 is 87.4 Å². The van der Waals surface area contributed by atoms with Gasteiger partial charge in [-0.3, -0.25) is 37.9 Å². The van der Waals surface area contributed by atoms with Gasteiger partial charge in [-0.2, -0.15) is 4.89 Å². The van der Waals surface area contributed by atoms with Gasteiger partial charge in [0.1, 0.15) is 42.8 Å². The highest BCUT2D eigenvalue weighted by Gasteiger charge is 2.55. The highest BCUT2D eigenvalue weighted by atomic mass is 32.5. The van der Waals surface area contributed by atoms with Crippen LogP contribution in [0.4, 0.5) is 25.2 Å². The quantitative estimate of drug-likeness (QED) is 0.0359. The number of alkyl halides is 2. The molecule has 6 N–H and O–H groups in total. The van der Waals surface area contributed by atoms with Crippen molar-refractivity contribution in [2.75, 3.05) is 90.7 Å². The average Bonchev–Trinajstić information content (AvgIpc) is 4.15. The third-order valence-corrected chi connectivity index (χ3v) is 14.2. The minimum absolute atomic E-state index is 0.00581. The molecule has 2 amide bonds. The van der Waals surface area contributed by atoms with Crippen LogP contribution in [-0.2, 0) is 94.3 Å². The number of Topliss-reactive ketones (excluding diaryl/α,β-unsaturated/α-hetero) is 1. The average molecular weight is 1160 g/mol. The monoisotopic (exact) mass is 1160 g/mol. The zero-order valence-electron chi connectivity index (χ0n) is 40.6. The first-order chi connectivity index (χ1) is 36.3. The first kappa shape index (κ1) is 59.1. The first-order valence-corrected chi connectivity index (χ1v) is 28.5. The number of nitrogens with one attached hydrogen (secondary N) is 1. The fourth-order valence-electron chi connectivity index (χ4n) is 7.54. The van der Waals surface area contributed by atoms with Gasteiger partial charge in [-0.25, -0.2) is 43.5 Å². The van der Waals surface area contributed by atoms with Gasteiger partial charge in [0.15, 0.2) is 59.3 Å². The highest BCUT2D eigenvalue weighted by molar-refractivity contribution is 8.07. The number of carboxylic acid groups (broad SMARTS) is 1. The predicted molar refractivity (Wildman–Crippen MR) is 260 cm³/mol. The molecule has 420 valence electrons. The summed E-state index contributed by atoms with van der Waals surface area (Å²) in [5.74, 6) is -2.23. The Labute approximate surface area is 440 Å². The summed E-state index contributed by atoms with van der Waals surface area (Å²) in [7, 11) is 1.52. The van der Waals surface area contributed by atoms with Crippen molar-refractivity contribution in [2.24, 2.45) is 5.92 Å². The predicted octanol–water partition coefficient (Wildman–Crippen LogP) is 1.78. The Morgan fingerprint density at radius 1 is 0.816 bits per heavy atom. The van der Waals surface area contributed by atoms with Gasteiger partial charge in [0.2, 0.25) is 12.2 Å². The van der Waals surface area contributed by atoms with E-state index in [9.17, 15) is 29.0 Å². The van der Waals surface area contributed by atoms with Crippen molar-refractivity contribution >= 4 is 94.8 Å². The van der Waals surface area contributed by atoms with Crippen LogP contribution in [0.3, 0.4) is 0 Å². The molecule has 7 heterocycles. The number of carboxylic acids is 1. The van der Waals surface area contributed by atoms with Gasteiger partial charge >= 0.3 is 25.5 Å². The Morgan fingerprint density at radius 2 is 1.41 bits per heavy atom. The Morgan fingerprint density at radius 3 is 2.09 bits per heavy atom. The van der Waals surface area contributed by atoms with Crippen molar-refractivity contribution < 1.29 is 99.1 Å². The summed E-state index contributed by atoms with van der Waals surface area (Å²) in [6.45, 7) is -6.17. The molecule has 0 bridgehead atoms. The lowest BCUT2D eigenvalue weighted by Crippen LogP contribution is -2.36. The molecular formula is C40H55F2N11O19P2S2. The lowest BCUT2D eigenvalue weighted by atomic mass is 10.0. The Hall–Kier alpha value is -4.58. The smallest absolute Gasteiger partial charge is 0.412 e. The number of imidazole rings is 2. The molecule has 3 aliphatic rings. The number of aromatic nitrogens is 8. The van der Waals surface area contributed by atoms with Crippen LogP contribution >= 0.6 is 13.4 Å². The summed E-state index contributed by atoms with van der Waals surface area (Å²) < 4.78 is 95.2. The molecule has 3 unspecified atom stereocenters. The number of hydrogen-bond acceptors (Lipinski definition) is 25. The molecule has 30 nitrogen and oxygen atoms in total. The van der Waals surface area contributed by atoms with Gasteiger partial charge in [0.25, 0.3) is 0 Å². The number of carbonyl (C=O) groups excluding carboxylic acids is 3. The molecule has 0 saturated carbocycles. The van der Waals surface area contributed by atoms with Gasteiger partial charge in [0, 0.05) is 26.5 Å². The summed E-state index contributed by atoms with van der Waals surface area (Å²) in [4.78, 5) is 101. The van der Waals surface area contributed by atoms with E-state index >= 15 is 8.78 Å². The second-order valence-electron chi connectivity index (χ2n) is 16.9. The molecule has 0 aromatic carbocycles. The number of hydrogen-bond donors (Lipinski definition) is 5. The van der Waals surface area contributed by atoms with E-state index in [1.54, 1.807) is 0 Å². The number of amides is 2. The molecule has 4 aromatic heterocycles. The van der Waals surface area contributed by atoms with Crippen LogP contribution in [0.15, 0.2) is 25.3 Å². The molecule has 0 aliphatic carbocycles. The number of rotatable bonds is 25. The van der Waals surface area contributed by atoms with Crippen LogP contribution in [0.1, 0.15) is 45.1 Å². The maximum Gasteiger partial charge on any atom is 0.412 e. The molecule has 3 saturated heterocycles. The molecule has 11 atom stereocenters. The van der Waals surface area contributed by atoms with Crippen molar-refractivity contribution in [3.63, 3.8) is 0 Å². The van der Waals surface area contributed by atoms with E-state index in [0.717, 1.165) is 23.5 Å². The van der Waals surface area contributed by atoms with E-state index in [2.05, 4.69) is 35.2 Å². The van der Waals surface area contributed by atoms with Crippen molar-refractivity contribution in [1.82, 2.24) is 43.9 Å². The minimum Gasteiger partial charge on any atom is -0.481 e. The van der Waals surface area contributed by atoms with E-state index in [0.29, 0.717) is 39.5 Å². The summed E-state index contributed by atoms with van der Waals surface area (Å²) >= 11 is 10.3. The number of carbonyl (C=O) groups is 4.